The fourth-order valence-corrected chi connectivity index (χ4v) is 6.06. The molecule has 3 rings (SSSR count). The second-order valence-corrected chi connectivity index (χ2v) is 12.1. The van der Waals surface area contributed by atoms with Crippen molar-refractivity contribution in [2.45, 2.75) is 62.6 Å². The summed E-state index contributed by atoms with van der Waals surface area (Å²) in [5, 5.41) is 4.16. The summed E-state index contributed by atoms with van der Waals surface area (Å²) in [6.45, 7) is 1.30. The van der Waals surface area contributed by atoms with E-state index in [0.717, 1.165) is 30.0 Å². The zero-order valence-electron chi connectivity index (χ0n) is 20.2. The fourth-order valence-electron chi connectivity index (χ4n) is 4.29. The minimum absolute atomic E-state index is 0.00826. The molecule has 1 atom stereocenters. The standard InChI is InChI=1S/C25H30Cl3N3O4S/c1-3-23(25(33)29-18-7-4-5-8-18)31(15-20-21(27)9-6-10-22(20)28)24(32)16-30(2)36(34,35)19-13-11-17(26)12-14-19/h6,9-14,18,23H,3-5,7-8,15-16H2,1-2H3,(H,29,33)/t23-/m1/s1. The number of likely N-dealkylation sites (N-methyl/N-ethyl adjacent to an activating group) is 1. The summed E-state index contributed by atoms with van der Waals surface area (Å²) in [5.41, 5.74) is 0.490. The molecule has 1 fully saturated rings. The number of nitrogens with one attached hydrogen (secondary N) is 1. The van der Waals surface area contributed by atoms with Crippen LogP contribution in [0.25, 0.3) is 0 Å². The van der Waals surface area contributed by atoms with E-state index in [0.29, 0.717) is 27.1 Å². The maximum Gasteiger partial charge on any atom is 0.243 e. The summed E-state index contributed by atoms with van der Waals surface area (Å²) < 4.78 is 27.1. The van der Waals surface area contributed by atoms with E-state index in [9.17, 15) is 18.0 Å². The second-order valence-electron chi connectivity index (χ2n) is 8.85. The SMILES string of the molecule is CC[C@H](C(=O)NC1CCCC1)N(Cc1c(Cl)cccc1Cl)C(=O)CN(C)S(=O)(=O)c1ccc(Cl)cc1. The van der Waals surface area contributed by atoms with Crippen LogP contribution in [0.15, 0.2) is 47.4 Å². The Morgan fingerprint density at radius 2 is 1.61 bits per heavy atom. The molecule has 36 heavy (non-hydrogen) atoms. The third kappa shape index (κ3) is 6.92. The summed E-state index contributed by atoms with van der Waals surface area (Å²) >= 11 is 18.6. The summed E-state index contributed by atoms with van der Waals surface area (Å²) in [5.74, 6) is -0.816. The Balaban J connectivity index is 1.88. The number of hydrogen-bond acceptors (Lipinski definition) is 4. The van der Waals surface area contributed by atoms with Gasteiger partial charge in [0.05, 0.1) is 11.4 Å². The average Bonchev–Trinajstić information content (AvgIpc) is 3.34. The number of carbonyl (C=O) groups excluding carboxylic acids is 2. The van der Waals surface area contributed by atoms with Crippen molar-refractivity contribution in [3.8, 4) is 0 Å². The van der Waals surface area contributed by atoms with Crippen molar-refractivity contribution in [1.82, 2.24) is 14.5 Å². The van der Waals surface area contributed by atoms with Gasteiger partial charge in [0.25, 0.3) is 0 Å². The summed E-state index contributed by atoms with van der Waals surface area (Å²) in [4.78, 5) is 28.2. The molecule has 2 aromatic carbocycles. The van der Waals surface area contributed by atoms with Crippen LogP contribution >= 0.6 is 34.8 Å². The lowest BCUT2D eigenvalue weighted by molar-refractivity contribution is -0.141. The fraction of sp³-hybridized carbons (Fsp3) is 0.440. The van der Waals surface area contributed by atoms with Crippen molar-refractivity contribution in [3.63, 3.8) is 0 Å². The predicted octanol–water partition coefficient (Wildman–Crippen LogP) is 5.13. The van der Waals surface area contributed by atoms with E-state index in [1.165, 1.54) is 36.2 Å². The number of halogens is 3. The van der Waals surface area contributed by atoms with Gasteiger partial charge in [-0.15, -0.1) is 0 Å². The number of sulfonamides is 1. The summed E-state index contributed by atoms with van der Waals surface area (Å²) in [7, 11) is -2.65. The molecule has 1 aliphatic rings. The van der Waals surface area contributed by atoms with Crippen molar-refractivity contribution in [3.05, 3.63) is 63.1 Å². The monoisotopic (exact) mass is 573 g/mol. The van der Waals surface area contributed by atoms with Gasteiger partial charge in [0.1, 0.15) is 6.04 Å². The Hall–Kier alpha value is -1.84. The minimum Gasteiger partial charge on any atom is -0.352 e. The minimum atomic E-state index is -3.97. The average molecular weight is 575 g/mol. The molecule has 196 valence electrons. The van der Waals surface area contributed by atoms with Crippen LogP contribution < -0.4 is 5.32 Å². The van der Waals surface area contributed by atoms with E-state index in [2.05, 4.69) is 5.32 Å². The molecule has 0 heterocycles. The number of nitrogens with zero attached hydrogens (tertiary/aromatic N) is 2. The van der Waals surface area contributed by atoms with Gasteiger partial charge in [0.2, 0.25) is 21.8 Å². The number of rotatable bonds is 10. The molecular weight excluding hydrogens is 545 g/mol. The lowest BCUT2D eigenvalue weighted by Crippen LogP contribution is -2.53. The number of benzene rings is 2. The quantitative estimate of drug-likeness (QED) is 0.426. The maximum atomic E-state index is 13.6. The molecule has 7 nitrogen and oxygen atoms in total. The third-order valence-electron chi connectivity index (χ3n) is 6.36. The van der Waals surface area contributed by atoms with Gasteiger partial charge in [-0.1, -0.05) is 60.6 Å². The van der Waals surface area contributed by atoms with Crippen LogP contribution in [0.3, 0.4) is 0 Å². The molecule has 0 bridgehead atoms. The molecule has 0 aliphatic heterocycles. The first-order chi connectivity index (χ1) is 17.0. The molecule has 1 aliphatic carbocycles. The molecule has 0 spiro atoms. The predicted molar refractivity (Wildman–Crippen MR) is 143 cm³/mol. The van der Waals surface area contributed by atoms with Crippen molar-refractivity contribution < 1.29 is 18.0 Å². The zero-order valence-corrected chi connectivity index (χ0v) is 23.3. The zero-order chi connectivity index (χ0) is 26.5. The Labute approximate surface area is 227 Å². The summed E-state index contributed by atoms with van der Waals surface area (Å²) in [6, 6.07) is 9.94. The van der Waals surface area contributed by atoms with E-state index in [-0.39, 0.29) is 23.4 Å². The van der Waals surface area contributed by atoms with Gasteiger partial charge >= 0.3 is 0 Å². The van der Waals surface area contributed by atoms with Gasteiger partial charge in [-0.25, -0.2) is 8.42 Å². The number of carbonyl (C=O) groups is 2. The Morgan fingerprint density at radius 3 is 2.17 bits per heavy atom. The lowest BCUT2D eigenvalue weighted by Gasteiger charge is -2.33. The molecule has 0 radical (unpaired) electrons. The highest BCUT2D eigenvalue weighted by molar-refractivity contribution is 7.89. The van der Waals surface area contributed by atoms with Gasteiger partial charge < -0.3 is 10.2 Å². The number of amides is 2. The first-order valence-corrected chi connectivity index (χ1v) is 14.4. The molecule has 2 aromatic rings. The van der Waals surface area contributed by atoms with Crippen LogP contribution in [0.1, 0.15) is 44.6 Å². The molecule has 0 unspecified atom stereocenters. The first-order valence-electron chi connectivity index (χ1n) is 11.8. The normalized spacial score (nSPS) is 15.2. The van der Waals surface area contributed by atoms with Gasteiger partial charge in [-0.3, -0.25) is 9.59 Å². The van der Waals surface area contributed by atoms with E-state index < -0.39 is 28.5 Å². The Morgan fingerprint density at radius 1 is 1.03 bits per heavy atom. The molecule has 0 saturated heterocycles. The molecule has 0 aromatic heterocycles. The molecule has 2 amide bonds. The van der Waals surface area contributed by atoms with Crippen LogP contribution in [0.4, 0.5) is 0 Å². The third-order valence-corrected chi connectivity index (χ3v) is 9.14. The van der Waals surface area contributed by atoms with Crippen molar-refractivity contribution in [2.75, 3.05) is 13.6 Å². The van der Waals surface area contributed by atoms with Crippen molar-refractivity contribution in [2.24, 2.45) is 0 Å². The van der Waals surface area contributed by atoms with E-state index in [1.54, 1.807) is 18.2 Å². The summed E-state index contributed by atoms with van der Waals surface area (Å²) in [6.07, 6.45) is 4.23. The lowest BCUT2D eigenvalue weighted by atomic mass is 10.1. The van der Waals surface area contributed by atoms with Crippen LogP contribution in [0.5, 0.6) is 0 Å². The molecular formula is C25H30Cl3N3O4S. The largest absolute Gasteiger partial charge is 0.352 e. The van der Waals surface area contributed by atoms with Crippen LogP contribution in [-0.2, 0) is 26.2 Å². The number of hydrogen-bond donors (Lipinski definition) is 1. The highest BCUT2D eigenvalue weighted by Gasteiger charge is 2.33. The highest BCUT2D eigenvalue weighted by Crippen LogP contribution is 2.28. The second kappa shape index (κ2) is 12.6. The van der Waals surface area contributed by atoms with E-state index in [4.69, 9.17) is 34.8 Å². The molecule has 11 heteroatoms. The van der Waals surface area contributed by atoms with Crippen LogP contribution in [-0.4, -0.2) is 55.1 Å². The first kappa shape index (κ1) is 28.7. The Kier molecular flexibility index (Phi) is 10.1. The van der Waals surface area contributed by atoms with Gasteiger partial charge in [0.15, 0.2) is 0 Å². The van der Waals surface area contributed by atoms with Crippen molar-refractivity contribution in [1.29, 1.82) is 0 Å². The van der Waals surface area contributed by atoms with E-state index in [1.807, 2.05) is 6.92 Å². The molecule has 1 N–H and O–H groups in total. The molecule has 1 saturated carbocycles. The van der Waals surface area contributed by atoms with E-state index >= 15 is 0 Å². The van der Waals surface area contributed by atoms with Crippen LogP contribution in [0.2, 0.25) is 15.1 Å². The van der Waals surface area contributed by atoms with Gasteiger partial charge in [0, 0.05) is 40.3 Å². The maximum absolute atomic E-state index is 13.6. The van der Waals surface area contributed by atoms with Gasteiger partial charge in [-0.2, -0.15) is 4.31 Å². The Bertz CT molecular complexity index is 1170. The van der Waals surface area contributed by atoms with Gasteiger partial charge in [-0.05, 0) is 55.7 Å². The smallest absolute Gasteiger partial charge is 0.243 e. The van der Waals surface area contributed by atoms with Crippen LogP contribution in [0, 0.1) is 0 Å². The highest BCUT2D eigenvalue weighted by atomic mass is 35.5. The van der Waals surface area contributed by atoms with Crippen molar-refractivity contribution >= 4 is 56.6 Å². The topological polar surface area (TPSA) is 86.8 Å².